The number of aliphatic imine (C=N–C) groups is 1. The first kappa shape index (κ1) is 15.5. The zero-order valence-electron chi connectivity index (χ0n) is 8.46. The maximum atomic E-state index is 12.9. The fourth-order valence-corrected chi connectivity index (χ4v) is 1.09. The first-order valence-corrected chi connectivity index (χ1v) is 4.21. The minimum absolute atomic E-state index is 0. The lowest BCUT2D eigenvalue weighted by Crippen LogP contribution is -2.22. The highest BCUT2D eigenvalue weighted by Gasteiger charge is 2.31. The van der Waals surface area contributed by atoms with Crippen molar-refractivity contribution >= 4 is 18.4 Å². The van der Waals surface area contributed by atoms with Gasteiger partial charge < -0.3 is 11.5 Å². The van der Waals surface area contributed by atoms with Crippen molar-refractivity contribution in [1.82, 2.24) is 0 Å². The smallest absolute Gasteiger partial charge is 0.370 e. The van der Waals surface area contributed by atoms with Crippen LogP contribution in [-0.2, 0) is 12.7 Å². The van der Waals surface area contributed by atoms with Crippen molar-refractivity contribution in [2.75, 3.05) is 0 Å². The monoisotopic (exact) mass is 271 g/mol. The van der Waals surface area contributed by atoms with Crippen molar-refractivity contribution in [3.8, 4) is 0 Å². The van der Waals surface area contributed by atoms with E-state index < -0.39 is 17.6 Å². The summed E-state index contributed by atoms with van der Waals surface area (Å²) in [5.41, 5.74) is 9.02. The van der Waals surface area contributed by atoms with Crippen LogP contribution in [0.25, 0.3) is 0 Å². The van der Waals surface area contributed by atoms with Gasteiger partial charge in [-0.3, -0.25) is 0 Å². The Hall–Kier alpha value is -1.50. The summed E-state index contributed by atoms with van der Waals surface area (Å²) in [7, 11) is 0. The third kappa shape index (κ3) is 4.90. The molecule has 0 aliphatic carbocycles. The fourth-order valence-electron chi connectivity index (χ4n) is 1.09. The van der Waals surface area contributed by atoms with Crippen molar-refractivity contribution in [3.63, 3.8) is 0 Å². The second-order valence-electron chi connectivity index (χ2n) is 3.09. The van der Waals surface area contributed by atoms with Crippen LogP contribution in [0.1, 0.15) is 11.1 Å². The van der Waals surface area contributed by atoms with E-state index >= 15 is 0 Å². The molecule has 0 saturated heterocycles. The molecule has 0 saturated carbocycles. The molecule has 1 aromatic carbocycles. The van der Waals surface area contributed by atoms with Crippen molar-refractivity contribution in [2.24, 2.45) is 16.5 Å². The van der Waals surface area contributed by atoms with Gasteiger partial charge in [-0.1, -0.05) is 0 Å². The number of halogens is 5. The number of hydrogen-bond donors (Lipinski definition) is 2. The van der Waals surface area contributed by atoms with Gasteiger partial charge in [0.2, 0.25) is 0 Å². The Morgan fingerprint density at radius 1 is 1.18 bits per heavy atom. The third-order valence-electron chi connectivity index (χ3n) is 1.73. The molecule has 0 spiro atoms. The second-order valence-corrected chi connectivity index (χ2v) is 3.09. The summed E-state index contributed by atoms with van der Waals surface area (Å²) in [5.74, 6) is -1.24. The highest BCUT2D eigenvalue weighted by molar-refractivity contribution is 5.85. The first-order chi connectivity index (χ1) is 7.29. The number of rotatable bonds is 2. The van der Waals surface area contributed by atoms with Crippen LogP contribution < -0.4 is 11.5 Å². The third-order valence-corrected chi connectivity index (χ3v) is 1.73. The molecule has 1 rings (SSSR count). The SMILES string of the molecule is Cl.NC(N)=NCc1cc(F)cc(C(F)(F)F)c1. The van der Waals surface area contributed by atoms with E-state index in [0.717, 1.165) is 12.1 Å². The predicted octanol–water partition coefficient (Wildman–Crippen LogP) is 2.04. The van der Waals surface area contributed by atoms with E-state index in [1.54, 1.807) is 0 Å². The Kier molecular flexibility index (Phi) is 5.21. The van der Waals surface area contributed by atoms with Gasteiger partial charge in [-0.05, 0) is 23.8 Å². The molecule has 4 N–H and O–H groups in total. The zero-order chi connectivity index (χ0) is 12.3. The van der Waals surface area contributed by atoms with Crippen LogP contribution in [0.4, 0.5) is 17.6 Å². The van der Waals surface area contributed by atoms with Crippen LogP contribution in [0.15, 0.2) is 23.2 Å². The van der Waals surface area contributed by atoms with E-state index in [0.29, 0.717) is 6.07 Å². The summed E-state index contributed by atoms with van der Waals surface area (Å²) in [6.07, 6.45) is -4.59. The molecule has 0 unspecified atom stereocenters. The van der Waals surface area contributed by atoms with Gasteiger partial charge in [0.1, 0.15) is 5.82 Å². The number of guanidine groups is 1. The van der Waals surface area contributed by atoms with Crippen molar-refractivity contribution in [3.05, 3.63) is 35.1 Å². The van der Waals surface area contributed by atoms with Crippen LogP contribution >= 0.6 is 12.4 Å². The Morgan fingerprint density at radius 3 is 2.24 bits per heavy atom. The molecule has 17 heavy (non-hydrogen) atoms. The Morgan fingerprint density at radius 2 is 1.76 bits per heavy atom. The van der Waals surface area contributed by atoms with Gasteiger partial charge in [0.25, 0.3) is 0 Å². The molecule has 0 aliphatic heterocycles. The molecular weight excluding hydrogens is 262 g/mol. The van der Waals surface area contributed by atoms with Crippen LogP contribution in [-0.4, -0.2) is 5.96 Å². The maximum absolute atomic E-state index is 12.9. The molecule has 0 bridgehead atoms. The Labute approximate surface area is 101 Å². The summed E-state index contributed by atoms with van der Waals surface area (Å²) in [5, 5.41) is 0. The predicted molar refractivity (Wildman–Crippen MR) is 58.2 cm³/mol. The van der Waals surface area contributed by atoms with Gasteiger partial charge in [-0.25, -0.2) is 9.38 Å². The molecule has 0 aliphatic rings. The lowest BCUT2D eigenvalue weighted by molar-refractivity contribution is -0.137. The van der Waals surface area contributed by atoms with Crippen LogP contribution in [0.5, 0.6) is 0 Å². The fraction of sp³-hybridized carbons (Fsp3) is 0.222. The molecular formula is C9H10ClF4N3. The van der Waals surface area contributed by atoms with Crippen LogP contribution in [0, 0.1) is 5.82 Å². The quantitative estimate of drug-likeness (QED) is 0.491. The summed E-state index contributed by atoms with van der Waals surface area (Å²) in [6, 6.07) is 2.16. The van der Waals surface area contributed by atoms with Gasteiger partial charge >= 0.3 is 6.18 Å². The standard InChI is InChI=1S/C9H9F4N3.ClH/c10-7-2-5(4-16-8(14)15)1-6(3-7)9(11,12)13;/h1-3H,4H2,(H4,14,15,16);1H. The van der Waals surface area contributed by atoms with E-state index in [1.807, 2.05) is 0 Å². The van der Waals surface area contributed by atoms with Crippen molar-refractivity contribution in [2.45, 2.75) is 12.7 Å². The summed E-state index contributed by atoms with van der Waals surface area (Å²) < 4.78 is 49.8. The molecule has 0 fully saturated rings. The van der Waals surface area contributed by atoms with Crippen molar-refractivity contribution < 1.29 is 17.6 Å². The molecule has 0 atom stereocenters. The van der Waals surface area contributed by atoms with E-state index in [-0.39, 0.29) is 30.5 Å². The molecule has 0 heterocycles. The molecule has 0 aromatic heterocycles. The average molecular weight is 272 g/mol. The average Bonchev–Trinajstić information content (AvgIpc) is 2.12. The Bertz CT molecular complexity index is 413. The second kappa shape index (κ2) is 5.72. The number of hydrogen-bond acceptors (Lipinski definition) is 1. The minimum Gasteiger partial charge on any atom is -0.370 e. The molecule has 8 heteroatoms. The molecule has 3 nitrogen and oxygen atoms in total. The molecule has 96 valence electrons. The molecule has 0 amide bonds. The normalized spacial score (nSPS) is 10.6. The van der Waals surface area contributed by atoms with Crippen LogP contribution in [0.3, 0.4) is 0 Å². The number of nitrogens with zero attached hydrogens (tertiary/aromatic N) is 1. The van der Waals surface area contributed by atoms with E-state index in [1.165, 1.54) is 0 Å². The first-order valence-electron chi connectivity index (χ1n) is 4.21. The van der Waals surface area contributed by atoms with Gasteiger partial charge in [0.15, 0.2) is 5.96 Å². The van der Waals surface area contributed by atoms with E-state index in [9.17, 15) is 17.6 Å². The van der Waals surface area contributed by atoms with Gasteiger partial charge in [0.05, 0.1) is 12.1 Å². The lowest BCUT2D eigenvalue weighted by atomic mass is 10.1. The van der Waals surface area contributed by atoms with Gasteiger partial charge in [-0.2, -0.15) is 13.2 Å². The topological polar surface area (TPSA) is 64.4 Å². The maximum Gasteiger partial charge on any atom is 0.416 e. The highest BCUT2D eigenvalue weighted by Crippen LogP contribution is 2.30. The van der Waals surface area contributed by atoms with Crippen molar-refractivity contribution in [1.29, 1.82) is 0 Å². The minimum atomic E-state index is -4.59. The Balaban J connectivity index is 0.00000256. The molecule has 1 aromatic rings. The van der Waals surface area contributed by atoms with E-state index in [2.05, 4.69) is 4.99 Å². The van der Waals surface area contributed by atoms with Crippen LogP contribution in [0.2, 0.25) is 0 Å². The largest absolute Gasteiger partial charge is 0.416 e. The number of benzene rings is 1. The summed E-state index contributed by atoms with van der Waals surface area (Å²) in [6.45, 7) is -0.191. The zero-order valence-corrected chi connectivity index (χ0v) is 9.28. The van der Waals surface area contributed by atoms with Gasteiger partial charge in [-0.15, -0.1) is 12.4 Å². The number of alkyl halides is 3. The number of nitrogens with two attached hydrogens (primary N) is 2. The summed E-state index contributed by atoms with van der Waals surface area (Å²) in [4.78, 5) is 3.50. The van der Waals surface area contributed by atoms with E-state index in [4.69, 9.17) is 11.5 Å². The summed E-state index contributed by atoms with van der Waals surface area (Å²) >= 11 is 0. The lowest BCUT2D eigenvalue weighted by Gasteiger charge is -2.08. The highest BCUT2D eigenvalue weighted by atomic mass is 35.5. The molecule has 0 radical (unpaired) electrons. The van der Waals surface area contributed by atoms with Gasteiger partial charge in [0, 0.05) is 0 Å².